The predicted octanol–water partition coefficient (Wildman–Crippen LogP) is 1.97. The van der Waals surface area contributed by atoms with Crippen LogP contribution in [0.4, 0.5) is 0 Å². The summed E-state index contributed by atoms with van der Waals surface area (Å²) in [5.41, 5.74) is 1.76. The highest BCUT2D eigenvalue weighted by Gasteiger charge is 2.31. The molecule has 0 saturated carbocycles. The molecule has 5 nitrogen and oxygen atoms in total. The quantitative estimate of drug-likeness (QED) is 0.602. The second kappa shape index (κ2) is 7.11. The van der Waals surface area contributed by atoms with Crippen molar-refractivity contribution in [1.82, 2.24) is 9.88 Å². The van der Waals surface area contributed by atoms with Gasteiger partial charge < -0.3 is 9.90 Å². The highest BCUT2D eigenvalue weighted by atomic mass is 32.2. The molecule has 0 spiro atoms. The summed E-state index contributed by atoms with van der Waals surface area (Å²) >= 11 is 6.47. The number of thioether (sulfide) groups is 1. The zero-order chi connectivity index (χ0) is 17.1. The third-order valence-corrected chi connectivity index (χ3v) is 4.98. The van der Waals surface area contributed by atoms with Crippen LogP contribution in [0.2, 0.25) is 0 Å². The Morgan fingerprint density at radius 2 is 2.12 bits per heavy atom. The number of benzene rings is 1. The molecule has 3 rings (SSSR count). The highest BCUT2D eigenvalue weighted by molar-refractivity contribution is 8.26. The minimum atomic E-state index is -1.13. The number of fused-ring (bicyclic) bond motifs is 1. The number of aliphatic carboxylic acids is 1. The minimum Gasteiger partial charge on any atom is -0.550 e. The molecule has 122 valence electrons. The molecule has 1 saturated heterocycles. The molecule has 0 atom stereocenters. The molecule has 0 unspecified atom stereocenters. The van der Waals surface area contributed by atoms with E-state index >= 15 is 0 Å². The summed E-state index contributed by atoms with van der Waals surface area (Å²) in [5.74, 6) is -1.32. The SMILES string of the molecule is O=C([O-])CCCN1C(=O)/C(=C/c2ccnc3ccccc23)SC1=S. The average Bonchev–Trinajstić information content (AvgIpc) is 2.82. The summed E-state index contributed by atoms with van der Waals surface area (Å²) in [6, 6.07) is 9.56. The van der Waals surface area contributed by atoms with Gasteiger partial charge in [0.25, 0.3) is 5.91 Å². The van der Waals surface area contributed by atoms with Gasteiger partial charge >= 0.3 is 0 Å². The fourth-order valence-corrected chi connectivity index (χ4v) is 3.76. The van der Waals surface area contributed by atoms with Gasteiger partial charge in [-0.3, -0.25) is 14.7 Å². The predicted molar refractivity (Wildman–Crippen MR) is 95.9 cm³/mol. The number of amides is 1. The number of para-hydroxylation sites is 1. The fraction of sp³-hybridized carbons (Fsp3) is 0.176. The first-order valence-electron chi connectivity index (χ1n) is 7.35. The van der Waals surface area contributed by atoms with Crippen LogP contribution in [0.15, 0.2) is 41.4 Å². The second-order valence-corrected chi connectivity index (χ2v) is 6.90. The number of carbonyl (C=O) groups excluding carboxylic acids is 2. The number of carboxylic acids is 1. The van der Waals surface area contributed by atoms with Crippen molar-refractivity contribution >= 4 is 57.2 Å². The van der Waals surface area contributed by atoms with Gasteiger partial charge in [0.2, 0.25) is 0 Å². The molecule has 7 heteroatoms. The number of aromatic nitrogens is 1. The first-order valence-corrected chi connectivity index (χ1v) is 8.57. The van der Waals surface area contributed by atoms with Gasteiger partial charge in [0, 0.05) is 24.1 Å². The smallest absolute Gasteiger partial charge is 0.266 e. The number of pyridine rings is 1. The summed E-state index contributed by atoms with van der Waals surface area (Å²) in [5, 5.41) is 11.5. The van der Waals surface area contributed by atoms with Gasteiger partial charge in [0.05, 0.1) is 10.4 Å². The molecule has 1 aromatic heterocycles. The van der Waals surface area contributed by atoms with E-state index in [4.69, 9.17) is 12.2 Å². The number of carboxylic acid groups (broad SMARTS) is 1. The molecule has 2 heterocycles. The van der Waals surface area contributed by atoms with Gasteiger partial charge in [-0.05, 0) is 36.6 Å². The maximum Gasteiger partial charge on any atom is 0.266 e. The van der Waals surface area contributed by atoms with Crippen LogP contribution in [-0.4, -0.2) is 32.6 Å². The van der Waals surface area contributed by atoms with Crippen molar-refractivity contribution in [1.29, 1.82) is 0 Å². The van der Waals surface area contributed by atoms with Crippen LogP contribution in [0.5, 0.6) is 0 Å². The van der Waals surface area contributed by atoms with E-state index in [-0.39, 0.29) is 18.9 Å². The van der Waals surface area contributed by atoms with Gasteiger partial charge in [0.15, 0.2) is 0 Å². The topological polar surface area (TPSA) is 73.3 Å². The van der Waals surface area contributed by atoms with E-state index in [9.17, 15) is 14.7 Å². The standard InChI is InChI=1S/C17H14N2O3S2/c20-15(21)6-3-9-19-16(22)14(24-17(19)23)10-11-7-8-18-13-5-2-1-4-12(11)13/h1-2,4-5,7-8,10H,3,6,9H2,(H,20,21)/p-1/b14-10-. The maximum atomic E-state index is 12.5. The molecular formula is C17H13N2O3S2-. The Balaban J connectivity index is 1.84. The average molecular weight is 357 g/mol. The van der Waals surface area contributed by atoms with Gasteiger partial charge in [-0.2, -0.15) is 0 Å². The lowest BCUT2D eigenvalue weighted by molar-refractivity contribution is -0.305. The van der Waals surface area contributed by atoms with Crippen LogP contribution in [-0.2, 0) is 9.59 Å². The lowest BCUT2D eigenvalue weighted by Gasteiger charge is -2.14. The molecular weight excluding hydrogens is 344 g/mol. The van der Waals surface area contributed by atoms with E-state index in [0.717, 1.165) is 16.5 Å². The molecule has 0 bridgehead atoms. The van der Waals surface area contributed by atoms with E-state index in [1.807, 2.05) is 36.4 Å². The Bertz CT molecular complexity index is 859. The van der Waals surface area contributed by atoms with Crippen LogP contribution in [0.25, 0.3) is 17.0 Å². The second-order valence-electron chi connectivity index (χ2n) is 5.23. The van der Waals surface area contributed by atoms with Gasteiger partial charge in [-0.25, -0.2) is 0 Å². The van der Waals surface area contributed by atoms with Gasteiger partial charge in [-0.1, -0.05) is 42.2 Å². The maximum absolute atomic E-state index is 12.5. The first-order chi connectivity index (χ1) is 11.6. The van der Waals surface area contributed by atoms with Crippen LogP contribution in [0, 0.1) is 0 Å². The van der Waals surface area contributed by atoms with E-state index in [1.54, 1.807) is 6.20 Å². The number of nitrogens with zero attached hydrogens (tertiary/aromatic N) is 2. The monoisotopic (exact) mass is 357 g/mol. The highest BCUT2D eigenvalue weighted by Crippen LogP contribution is 2.33. The Kier molecular flexibility index (Phi) is 4.92. The molecule has 1 amide bonds. The lowest BCUT2D eigenvalue weighted by atomic mass is 10.1. The van der Waals surface area contributed by atoms with Crippen LogP contribution in [0.1, 0.15) is 18.4 Å². The Labute approximate surface area is 148 Å². The zero-order valence-corrected chi connectivity index (χ0v) is 14.2. The molecule has 1 aromatic carbocycles. The van der Waals surface area contributed by atoms with E-state index in [0.29, 0.717) is 15.6 Å². The fourth-order valence-electron chi connectivity index (χ4n) is 2.46. The number of rotatable bonds is 5. The molecule has 1 aliphatic rings. The normalized spacial score (nSPS) is 16.3. The Hall–Kier alpha value is -2.25. The number of hydrogen-bond donors (Lipinski definition) is 0. The van der Waals surface area contributed by atoms with Crippen LogP contribution in [0.3, 0.4) is 0 Å². The Morgan fingerprint density at radius 3 is 2.92 bits per heavy atom. The van der Waals surface area contributed by atoms with E-state index in [1.165, 1.54) is 16.7 Å². The summed E-state index contributed by atoms with van der Waals surface area (Å²) in [6.45, 7) is 0.285. The summed E-state index contributed by atoms with van der Waals surface area (Å²) in [7, 11) is 0. The first kappa shape index (κ1) is 16.6. The van der Waals surface area contributed by atoms with Crippen molar-refractivity contribution in [2.75, 3.05) is 6.54 Å². The van der Waals surface area contributed by atoms with Crippen molar-refractivity contribution in [3.63, 3.8) is 0 Å². The van der Waals surface area contributed by atoms with Crippen molar-refractivity contribution in [3.8, 4) is 0 Å². The van der Waals surface area contributed by atoms with Crippen LogP contribution < -0.4 is 5.11 Å². The van der Waals surface area contributed by atoms with Crippen molar-refractivity contribution in [3.05, 3.63) is 47.0 Å². The minimum absolute atomic E-state index is 0.0922. The molecule has 0 aliphatic carbocycles. The van der Waals surface area contributed by atoms with E-state index in [2.05, 4.69) is 4.98 Å². The van der Waals surface area contributed by atoms with Gasteiger partial charge in [0.1, 0.15) is 4.32 Å². The molecule has 24 heavy (non-hydrogen) atoms. The number of carbonyl (C=O) groups is 2. The van der Waals surface area contributed by atoms with Gasteiger partial charge in [-0.15, -0.1) is 0 Å². The summed E-state index contributed by atoms with van der Waals surface area (Å²) in [4.78, 5) is 29.3. The van der Waals surface area contributed by atoms with Crippen LogP contribution >= 0.6 is 24.0 Å². The summed E-state index contributed by atoms with van der Waals surface area (Å²) in [6.07, 6.45) is 3.74. The third kappa shape index (κ3) is 3.47. The molecule has 2 aromatic rings. The zero-order valence-electron chi connectivity index (χ0n) is 12.6. The van der Waals surface area contributed by atoms with Crippen molar-refractivity contribution < 1.29 is 14.7 Å². The number of thiocarbonyl (C=S) groups is 1. The van der Waals surface area contributed by atoms with E-state index < -0.39 is 5.97 Å². The molecule has 1 fully saturated rings. The molecule has 0 radical (unpaired) electrons. The molecule has 1 aliphatic heterocycles. The van der Waals surface area contributed by atoms with Crippen molar-refractivity contribution in [2.45, 2.75) is 12.8 Å². The summed E-state index contributed by atoms with van der Waals surface area (Å²) < 4.78 is 0.447. The molecule has 0 N–H and O–H groups in total. The van der Waals surface area contributed by atoms with Crippen molar-refractivity contribution in [2.24, 2.45) is 0 Å². The number of hydrogen-bond acceptors (Lipinski definition) is 6. The largest absolute Gasteiger partial charge is 0.550 e. The lowest BCUT2D eigenvalue weighted by Crippen LogP contribution is -2.30. The third-order valence-electron chi connectivity index (χ3n) is 3.61. The Morgan fingerprint density at radius 1 is 1.33 bits per heavy atom.